The van der Waals surface area contributed by atoms with E-state index in [0.29, 0.717) is 17.9 Å². The predicted molar refractivity (Wildman–Crippen MR) is 112 cm³/mol. The average molecular weight is 389 g/mol. The molecule has 0 radical (unpaired) electrons. The fraction of sp³-hybridized carbons (Fsp3) is 0.208. The Hall–Kier alpha value is -3.47. The molecule has 0 saturated heterocycles. The van der Waals surface area contributed by atoms with Gasteiger partial charge in [0.1, 0.15) is 0 Å². The molecule has 3 aromatic rings. The third kappa shape index (κ3) is 6.01. The standard InChI is InChI=1S/C24H24N2O3/c1-2-3-16-29-24(28)20-11-13-22(14-12-20)25-23(27)18-26-15-7-10-21(17-26)19-8-5-4-6-9-19/h4-15,17H,2-3,16,18H2,1H3/p+1. The number of aromatic nitrogens is 1. The summed E-state index contributed by atoms with van der Waals surface area (Å²) in [6, 6.07) is 20.7. The molecule has 0 unspecified atom stereocenters. The maximum Gasteiger partial charge on any atom is 0.338 e. The van der Waals surface area contributed by atoms with Crippen LogP contribution in [0.2, 0.25) is 0 Å². The number of carbonyl (C=O) groups is 2. The smallest absolute Gasteiger partial charge is 0.338 e. The van der Waals surface area contributed by atoms with Gasteiger partial charge in [0, 0.05) is 17.3 Å². The van der Waals surface area contributed by atoms with Crippen molar-refractivity contribution in [3.05, 3.63) is 84.7 Å². The van der Waals surface area contributed by atoms with Crippen LogP contribution in [0.25, 0.3) is 11.1 Å². The monoisotopic (exact) mass is 389 g/mol. The Balaban J connectivity index is 1.58. The Morgan fingerprint density at radius 3 is 2.38 bits per heavy atom. The number of carbonyl (C=O) groups excluding carboxylic acids is 2. The first kappa shape index (κ1) is 20.3. The quantitative estimate of drug-likeness (QED) is 0.356. The summed E-state index contributed by atoms with van der Waals surface area (Å²) in [5.74, 6) is -0.483. The van der Waals surface area contributed by atoms with Crippen LogP contribution in [0.15, 0.2) is 79.1 Å². The Labute approximate surface area is 171 Å². The molecule has 0 spiro atoms. The topological polar surface area (TPSA) is 59.3 Å². The molecule has 148 valence electrons. The fourth-order valence-electron chi connectivity index (χ4n) is 2.87. The fourth-order valence-corrected chi connectivity index (χ4v) is 2.87. The van der Waals surface area contributed by atoms with Crippen LogP contribution >= 0.6 is 0 Å². The number of nitrogens with one attached hydrogen (secondary N) is 1. The number of hydrogen-bond donors (Lipinski definition) is 1. The van der Waals surface area contributed by atoms with Gasteiger partial charge in [-0.1, -0.05) is 43.7 Å². The van der Waals surface area contributed by atoms with Crippen LogP contribution in [0.1, 0.15) is 30.1 Å². The van der Waals surface area contributed by atoms with E-state index in [1.54, 1.807) is 24.3 Å². The minimum atomic E-state index is -0.343. The summed E-state index contributed by atoms with van der Waals surface area (Å²) in [6.45, 7) is 2.66. The zero-order valence-electron chi connectivity index (χ0n) is 16.5. The summed E-state index contributed by atoms with van der Waals surface area (Å²) >= 11 is 0. The third-order valence-electron chi connectivity index (χ3n) is 4.43. The van der Waals surface area contributed by atoms with Gasteiger partial charge in [-0.2, -0.15) is 4.57 Å². The zero-order valence-corrected chi connectivity index (χ0v) is 16.5. The first-order chi connectivity index (χ1) is 14.2. The number of pyridine rings is 1. The van der Waals surface area contributed by atoms with Crippen molar-refractivity contribution in [1.29, 1.82) is 0 Å². The number of benzene rings is 2. The number of unbranched alkanes of at least 4 members (excludes halogenated alkanes) is 1. The molecular formula is C24H25N2O3+. The van der Waals surface area contributed by atoms with Crippen molar-refractivity contribution >= 4 is 17.6 Å². The van der Waals surface area contributed by atoms with Crippen molar-refractivity contribution in [3.63, 3.8) is 0 Å². The normalized spacial score (nSPS) is 10.4. The van der Waals surface area contributed by atoms with Crippen molar-refractivity contribution in [2.75, 3.05) is 11.9 Å². The number of anilines is 1. The molecule has 1 N–H and O–H groups in total. The first-order valence-corrected chi connectivity index (χ1v) is 9.77. The highest BCUT2D eigenvalue weighted by Crippen LogP contribution is 2.16. The molecule has 0 atom stereocenters. The molecule has 0 saturated carbocycles. The molecule has 1 aromatic heterocycles. The first-order valence-electron chi connectivity index (χ1n) is 9.77. The molecule has 0 bridgehead atoms. The highest BCUT2D eigenvalue weighted by atomic mass is 16.5. The molecule has 2 aromatic carbocycles. The van der Waals surface area contributed by atoms with Gasteiger partial charge in [0.05, 0.1) is 12.2 Å². The molecule has 0 fully saturated rings. The number of esters is 1. The van der Waals surface area contributed by atoms with Crippen molar-refractivity contribution in [2.24, 2.45) is 0 Å². The second kappa shape index (κ2) is 10.2. The largest absolute Gasteiger partial charge is 0.462 e. The Morgan fingerprint density at radius 2 is 1.66 bits per heavy atom. The second-order valence-corrected chi connectivity index (χ2v) is 6.75. The number of amides is 1. The lowest BCUT2D eigenvalue weighted by atomic mass is 10.1. The van der Waals surface area contributed by atoms with E-state index in [1.807, 2.05) is 66.3 Å². The van der Waals surface area contributed by atoms with E-state index in [-0.39, 0.29) is 18.4 Å². The van der Waals surface area contributed by atoms with Gasteiger partial charge in [-0.3, -0.25) is 4.79 Å². The molecule has 5 heteroatoms. The average Bonchev–Trinajstić information content (AvgIpc) is 2.75. The van der Waals surface area contributed by atoms with Gasteiger partial charge < -0.3 is 10.1 Å². The summed E-state index contributed by atoms with van der Waals surface area (Å²) in [7, 11) is 0. The van der Waals surface area contributed by atoms with Crippen LogP contribution in [0.5, 0.6) is 0 Å². The van der Waals surface area contributed by atoms with Crippen molar-refractivity contribution in [3.8, 4) is 11.1 Å². The van der Waals surface area contributed by atoms with Crippen LogP contribution in [0.3, 0.4) is 0 Å². The molecule has 5 nitrogen and oxygen atoms in total. The zero-order chi connectivity index (χ0) is 20.5. The number of rotatable bonds is 8. The molecule has 1 amide bonds. The number of hydrogen-bond acceptors (Lipinski definition) is 3. The highest BCUT2D eigenvalue weighted by molar-refractivity contribution is 5.92. The summed E-state index contributed by atoms with van der Waals surface area (Å²) in [5.41, 5.74) is 3.26. The summed E-state index contributed by atoms with van der Waals surface area (Å²) < 4.78 is 7.03. The molecule has 0 aliphatic carbocycles. The molecule has 1 heterocycles. The van der Waals surface area contributed by atoms with E-state index < -0.39 is 0 Å². The van der Waals surface area contributed by atoms with Gasteiger partial charge in [0.15, 0.2) is 12.4 Å². The van der Waals surface area contributed by atoms with Crippen LogP contribution in [-0.2, 0) is 16.1 Å². The predicted octanol–water partition coefficient (Wildman–Crippen LogP) is 4.24. The Kier molecular flexibility index (Phi) is 7.11. The van der Waals surface area contributed by atoms with Gasteiger partial charge in [-0.05, 0) is 42.3 Å². The van der Waals surface area contributed by atoms with E-state index in [0.717, 1.165) is 24.0 Å². The lowest BCUT2D eigenvalue weighted by Crippen LogP contribution is -2.39. The van der Waals surface area contributed by atoms with Crippen LogP contribution in [0, 0.1) is 0 Å². The molecule has 29 heavy (non-hydrogen) atoms. The minimum absolute atomic E-state index is 0.140. The summed E-state index contributed by atoms with van der Waals surface area (Å²) in [4.78, 5) is 24.3. The highest BCUT2D eigenvalue weighted by Gasteiger charge is 2.12. The van der Waals surface area contributed by atoms with Crippen molar-refractivity contribution < 1.29 is 18.9 Å². The maximum absolute atomic E-state index is 12.4. The van der Waals surface area contributed by atoms with E-state index in [4.69, 9.17) is 4.74 Å². The Morgan fingerprint density at radius 1 is 0.931 bits per heavy atom. The van der Waals surface area contributed by atoms with Crippen LogP contribution in [-0.4, -0.2) is 18.5 Å². The van der Waals surface area contributed by atoms with Crippen LogP contribution in [0.4, 0.5) is 5.69 Å². The van der Waals surface area contributed by atoms with Gasteiger partial charge in [0.25, 0.3) is 5.91 Å². The third-order valence-corrected chi connectivity index (χ3v) is 4.43. The lowest BCUT2D eigenvalue weighted by molar-refractivity contribution is -0.683. The van der Waals surface area contributed by atoms with E-state index in [2.05, 4.69) is 5.32 Å². The van der Waals surface area contributed by atoms with E-state index >= 15 is 0 Å². The molecular weight excluding hydrogens is 364 g/mol. The SMILES string of the molecule is CCCCOC(=O)c1ccc(NC(=O)C[n+]2cccc(-c3ccccc3)c2)cc1. The van der Waals surface area contributed by atoms with Crippen molar-refractivity contribution in [1.82, 2.24) is 0 Å². The molecule has 3 rings (SSSR count). The molecule has 0 aliphatic heterocycles. The second-order valence-electron chi connectivity index (χ2n) is 6.75. The van der Waals surface area contributed by atoms with E-state index in [9.17, 15) is 9.59 Å². The van der Waals surface area contributed by atoms with Gasteiger partial charge in [-0.25, -0.2) is 4.79 Å². The summed E-state index contributed by atoms with van der Waals surface area (Å²) in [5, 5.41) is 2.86. The van der Waals surface area contributed by atoms with Gasteiger partial charge in [-0.15, -0.1) is 0 Å². The lowest BCUT2D eigenvalue weighted by Gasteiger charge is -2.06. The van der Waals surface area contributed by atoms with Gasteiger partial charge >= 0.3 is 5.97 Å². The van der Waals surface area contributed by atoms with E-state index in [1.165, 1.54) is 0 Å². The molecule has 0 aliphatic rings. The number of ether oxygens (including phenoxy) is 1. The minimum Gasteiger partial charge on any atom is -0.462 e. The summed E-state index contributed by atoms with van der Waals surface area (Å²) in [6.07, 6.45) is 5.64. The van der Waals surface area contributed by atoms with Gasteiger partial charge in [0.2, 0.25) is 6.54 Å². The van der Waals surface area contributed by atoms with Crippen molar-refractivity contribution in [2.45, 2.75) is 26.3 Å². The number of nitrogens with zero attached hydrogens (tertiary/aromatic N) is 1. The maximum atomic E-state index is 12.4. The Bertz CT molecular complexity index is 953. The van der Waals surface area contributed by atoms with Crippen LogP contribution < -0.4 is 9.88 Å².